The molecule has 526 valence electrons. The number of fused-ring (bicyclic) bond motifs is 12. The fraction of sp³-hybridized carbons (Fsp3) is 0.235. The Kier molecular flexibility index (Phi) is 14.9. The number of rotatable bonds is 8. The van der Waals surface area contributed by atoms with Crippen molar-refractivity contribution in [1.82, 2.24) is 9.13 Å². The second-order valence-electron chi connectivity index (χ2n) is 36.3. The molecule has 4 nitrogen and oxygen atoms in total. The molecule has 13 aromatic carbocycles. The van der Waals surface area contributed by atoms with Gasteiger partial charge in [-0.2, -0.15) is 0 Å². The zero-order valence-corrected chi connectivity index (χ0v) is 64.7. The zero-order valence-electron chi connectivity index (χ0n) is 64.7. The number of aromatic nitrogens is 2. The fourth-order valence-corrected chi connectivity index (χ4v) is 19.0. The van der Waals surface area contributed by atoms with Crippen LogP contribution in [-0.4, -0.2) is 15.8 Å². The van der Waals surface area contributed by atoms with Crippen LogP contribution in [0.25, 0.3) is 99.5 Å². The maximum absolute atomic E-state index is 2.65. The molecular weight excluding hydrogens is 1290 g/mol. The molecule has 0 radical (unpaired) electrons. The lowest BCUT2D eigenvalue weighted by molar-refractivity contribution is 0.332. The van der Waals surface area contributed by atoms with Crippen LogP contribution in [0.4, 0.5) is 34.1 Å². The molecule has 19 rings (SSSR count). The van der Waals surface area contributed by atoms with Gasteiger partial charge in [0.15, 0.2) is 0 Å². The third-order valence-corrected chi connectivity index (χ3v) is 25.5. The minimum absolute atomic E-state index is 0.0740. The van der Waals surface area contributed by atoms with E-state index in [1.807, 2.05) is 0 Å². The van der Waals surface area contributed by atoms with Crippen molar-refractivity contribution in [3.63, 3.8) is 0 Å². The van der Waals surface area contributed by atoms with E-state index >= 15 is 0 Å². The van der Waals surface area contributed by atoms with Gasteiger partial charge in [0.1, 0.15) is 0 Å². The van der Waals surface area contributed by atoms with Crippen molar-refractivity contribution >= 4 is 101 Å². The van der Waals surface area contributed by atoms with Crippen molar-refractivity contribution in [3.8, 4) is 55.9 Å². The number of hydrogen-bond acceptors (Lipinski definition) is 2. The molecule has 2 aliphatic heterocycles. The molecule has 0 atom stereocenters. The molecule has 2 aliphatic carbocycles. The Morgan fingerprint density at radius 1 is 0.262 bits per heavy atom. The summed E-state index contributed by atoms with van der Waals surface area (Å²) in [6, 6.07) is 106. The zero-order chi connectivity index (χ0) is 73.6. The second kappa shape index (κ2) is 23.8. The van der Waals surface area contributed by atoms with Crippen molar-refractivity contribution in [2.24, 2.45) is 0 Å². The van der Waals surface area contributed by atoms with Crippen LogP contribution in [0.3, 0.4) is 0 Å². The van der Waals surface area contributed by atoms with Gasteiger partial charge in [0.2, 0.25) is 0 Å². The van der Waals surface area contributed by atoms with Crippen LogP contribution in [0, 0.1) is 0 Å². The number of benzene rings is 13. The van der Waals surface area contributed by atoms with Crippen molar-refractivity contribution < 1.29 is 0 Å². The molecule has 0 bridgehead atoms. The molecule has 4 aliphatic rings. The molecule has 0 N–H and O–H groups in total. The van der Waals surface area contributed by atoms with Gasteiger partial charge >= 0.3 is 0 Å². The van der Waals surface area contributed by atoms with Gasteiger partial charge in [0.05, 0.1) is 27.8 Å². The van der Waals surface area contributed by atoms with Gasteiger partial charge in [0.25, 0.3) is 6.71 Å². The van der Waals surface area contributed by atoms with E-state index in [1.165, 1.54) is 158 Å². The van der Waals surface area contributed by atoms with Crippen LogP contribution in [0.5, 0.6) is 0 Å². The molecule has 4 heterocycles. The Hall–Kier alpha value is -10.9. The summed E-state index contributed by atoms with van der Waals surface area (Å²) in [4.78, 5) is 5.29. The summed E-state index contributed by atoms with van der Waals surface area (Å²) in [6.45, 7) is 33.5. The van der Waals surface area contributed by atoms with Crippen LogP contribution >= 0.6 is 0 Å². The average molecular weight is 1390 g/mol. The summed E-state index contributed by atoms with van der Waals surface area (Å²) < 4.78 is 5.06. The van der Waals surface area contributed by atoms with Crippen molar-refractivity contribution in [2.45, 2.75) is 155 Å². The molecule has 2 aromatic heterocycles. The number of para-hydroxylation sites is 3. The van der Waals surface area contributed by atoms with Gasteiger partial charge in [-0.15, -0.1) is 0 Å². The highest BCUT2D eigenvalue weighted by molar-refractivity contribution is 7.00. The average Bonchev–Trinajstić information content (AvgIpc) is 1.40. The van der Waals surface area contributed by atoms with Gasteiger partial charge in [0, 0.05) is 61.4 Å². The highest BCUT2D eigenvalue weighted by Gasteiger charge is 2.46. The molecule has 0 unspecified atom stereocenters. The second-order valence-corrected chi connectivity index (χ2v) is 36.3. The number of anilines is 6. The lowest BCUT2D eigenvalue weighted by Gasteiger charge is -2.45. The molecule has 15 aromatic rings. The van der Waals surface area contributed by atoms with Gasteiger partial charge in [-0.25, -0.2) is 0 Å². The molecule has 0 saturated carbocycles. The van der Waals surface area contributed by atoms with Crippen LogP contribution in [0.2, 0.25) is 0 Å². The van der Waals surface area contributed by atoms with Crippen LogP contribution in [-0.2, 0) is 32.5 Å². The van der Waals surface area contributed by atoms with E-state index in [-0.39, 0.29) is 39.2 Å². The molecule has 0 saturated heterocycles. The maximum Gasteiger partial charge on any atom is 0.252 e. The molecule has 5 heteroatoms. The number of hydrogen-bond donors (Lipinski definition) is 0. The quantitative estimate of drug-likeness (QED) is 0.141. The van der Waals surface area contributed by atoms with E-state index < -0.39 is 0 Å². The first-order valence-corrected chi connectivity index (χ1v) is 39.1. The summed E-state index contributed by atoms with van der Waals surface area (Å²) in [5, 5.41) is 4.92. The minimum atomic E-state index is -0.171. The van der Waals surface area contributed by atoms with Crippen molar-refractivity contribution in [3.05, 3.63) is 306 Å². The largest absolute Gasteiger partial charge is 0.311 e. The van der Waals surface area contributed by atoms with E-state index in [0.717, 1.165) is 50.8 Å². The first kappa shape index (κ1) is 66.8. The summed E-state index contributed by atoms with van der Waals surface area (Å²) in [5.41, 5.74) is 36.2. The normalized spacial score (nSPS) is 16.0. The van der Waals surface area contributed by atoms with Gasteiger partial charge in [-0.05, 0) is 237 Å². The third kappa shape index (κ3) is 10.7. The van der Waals surface area contributed by atoms with E-state index in [2.05, 4.69) is 389 Å². The first-order chi connectivity index (χ1) is 51.3. The van der Waals surface area contributed by atoms with E-state index in [0.29, 0.717) is 0 Å². The van der Waals surface area contributed by atoms with E-state index in [4.69, 9.17) is 0 Å². The van der Waals surface area contributed by atoms with Gasteiger partial charge in [-0.3, -0.25) is 0 Å². The van der Waals surface area contributed by atoms with Crippen molar-refractivity contribution in [2.75, 3.05) is 9.80 Å². The fourth-order valence-electron chi connectivity index (χ4n) is 19.0. The van der Waals surface area contributed by atoms with Gasteiger partial charge < -0.3 is 18.9 Å². The lowest BCUT2D eigenvalue weighted by Crippen LogP contribution is -2.61. The number of nitrogens with zero attached hydrogens (tertiary/aromatic N) is 4. The minimum Gasteiger partial charge on any atom is -0.311 e. The standard InChI is InChI=1S/C102H95BN4/c1-97(2,3)72-54-71(55-73(60-72)98(4,5)6)70-38-47-86-92(59-70)104(74-40-32-65(33-41-74)68-36-45-82-84(57-68)101(11,12)52-50-99(82,7)8)94-62-77(107-90-31-23-20-28-80(90)81-56-67(39-49-91(81)107)64-24-16-15-17-25-64)63-95-96(94)103(86)87-48-44-76(106-88-29-21-18-26-78(88)79-27-19-22-30-89(79)106)61-93(87)105(95)75-42-34-66(35-43-75)69-37-46-83-85(58-69)102(13,14)53-51-100(83,9)10/h15-49,54-63H,50-53H2,1-14H3. The Labute approximate surface area is 633 Å². The summed E-state index contributed by atoms with van der Waals surface area (Å²) >= 11 is 0. The molecule has 0 fully saturated rings. The third-order valence-electron chi connectivity index (χ3n) is 25.5. The predicted octanol–water partition coefficient (Wildman–Crippen LogP) is 25.9. The highest BCUT2D eigenvalue weighted by atomic mass is 15.2. The molecular formula is C102H95BN4. The molecule has 0 amide bonds. The van der Waals surface area contributed by atoms with Crippen LogP contribution in [0.1, 0.15) is 156 Å². The lowest BCUT2D eigenvalue weighted by atomic mass is 9.33. The maximum atomic E-state index is 2.65. The Bertz CT molecular complexity index is 6070. The SMILES string of the molecule is CC(C)(C)c1cc(-c2ccc3c(c2)N(c2ccc(-c4ccc5c(c4)C(C)(C)CCC5(C)C)cc2)c2cc(-n4c5ccccc5c5cc(-c6ccccc6)ccc54)cc4c2B3c2ccc(-n3c5ccccc5c5ccccc53)cc2N4c2ccc(-c3ccc4c(c3)C(C)(C)CCC4(C)C)cc2)cc(C(C)(C)C)c1. The summed E-state index contributed by atoms with van der Waals surface area (Å²) in [5.74, 6) is 0. The Morgan fingerprint density at radius 3 is 1.11 bits per heavy atom. The van der Waals surface area contributed by atoms with Crippen LogP contribution < -0.4 is 26.2 Å². The summed E-state index contributed by atoms with van der Waals surface area (Å²) in [6.07, 6.45) is 4.70. The predicted molar refractivity (Wildman–Crippen MR) is 459 cm³/mol. The van der Waals surface area contributed by atoms with E-state index in [9.17, 15) is 0 Å². The first-order valence-electron chi connectivity index (χ1n) is 39.1. The van der Waals surface area contributed by atoms with Gasteiger partial charge in [-0.1, -0.05) is 285 Å². The van der Waals surface area contributed by atoms with Crippen LogP contribution in [0.15, 0.2) is 273 Å². The molecule has 0 spiro atoms. The summed E-state index contributed by atoms with van der Waals surface area (Å²) in [7, 11) is 0. The smallest absolute Gasteiger partial charge is 0.252 e. The Morgan fingerprint density at radius 2 is 0.617 bits per heavy atom. The Balaban J connectivity index is 0.902. The highest BCUT2D eigenvalue weighted by Crippen LogP contribution is 2.53. The topological polar surface area (TPSA) is 16.3 Å². The van der Waals surface area contributed by atoms with Crippen molar-refractivity contribution in [1.29, 1.82) is 0 Å². The monoisotopic (exact) mass is 1390 g/mol. The molecule has 107 heavy (non-hydrogen) atoms. The van der Waals surface area contributed by atoms with E-state index in [1.54, 1.807) is 0 Å².